The van der Waals surface area contributed by atoms with Crippen LogP contribution in [0.3, 0.4) is 0 Å². The second-order valence-corrected chi connectivity index (χ2v) is 10.3. The lowest BCUT2D eigenvalue weighted by molar-refractivity contribution is 0.0938. The van der Waals surface area contributed by atoms with Crippen molar-refractivity contribution in [3.63, 3.8) is 0 Å². The van der Waals surface area contributed by atoms with Crippen LogP contribution >= 0.6 is 0 Å². The van der Waals surface area contributed by atoms with Crippen molar-refractivity contribution in [1.82, 2.24) is 14.5 Å². The van der Waals surface area contributed by atoms with Crippen LogP contribution in [-0.4, -0.2) is 21.1 Å². The molecule has 6 heteroatoms. The molecule has 1 amide bonds. The Bertz CT molecular complexity index is 1570. The standard InChI is InChI=1S/C31H33N3O3/c1-20-16-21(2)27(22(3)17-20)19-33-28-11-7-6-10-26(28)30(36)34(31(33)37)18-23-12-14-24(15-13-23)29(35)32-25-8-4-5-9-25/h6-7,10-17,25H,4-5,8-9,18-19H2,1-3H3,(H,32,35). The quantitative estimate of drug-likeness (QED) is 0.415. The van der Waals surface area contributed by atoms with Crippen molar-refractivity contribution in [1.29, 1.82) is 0 Å². The largest absolute Gasteiger partial charge is 0.349 e. The van der Waals surface area contributed by atoms with Gasteiger partial charge in [-0.2, -0.15) is 0 Å². The SMILES string of the molecule is Cc1cc(C)c(Cn2c(=O)n(Cc3ccc(C(=O)NC4CCCC4)cc3)c(=O)c3ccccc32)c(C)c1. The van der Waals surface area contributed by atoms with Gasteiger partial charge in [-0.05, 0) is 80.1 Å². The van der Waals surface area contributed by atoms with E-state index in [0.29, 0.717) is 23.0 Å². The lowest BCUT2D eigenvalue weighted by atomic mass is 9.99. The van der Waals surface area contributed by atoms with E-state index in [-0.39, 0.29) is 29.7 Å². The highest BCUT2D eigenvalue weighted by atomic mass is 16.2. The molecule has 1 fully saturated rings. The molecule has 1 N–H and O–H groups in total. The maximum absolute atomic E-state index is 13.7. The number of benzene rings is 3. The Hall–Kier alpha value is -3.93. The highest BCUT2D eigenvalue weighted by Gasteiger charge is 2.19. The van der Waals surface area contributed by atoms with Crippen molar-refractivity contribution in [2.24, 2.45) is 0 Å². The predicted molar refractivity (Wildman–Crippen MR) is 147 cm³/mol. The van der Waals surface area contributed by atoms with Crippen LogP contribution in [-0.2, 0) is 13.1 Å². The van der Waals surface area contributed by atoms with Gasteiger partial charge in [0.15, 0.2) is 0 Å². The molecule has 1 heterocycles. The van der Waals surface area contributed by atoms with Crippen molar-refractivity contribution in [3.05, 3.63) is 115 Å². The Morgan fingerprint density at radius 1 is 0.865 bits per heavy atom. The molecule has 190 valence electrons. The van der Waals surface area contributed by atoms with Crippen LogP contribution in [0.15, 0.2) is 70.3 Å². The van der Waals surface area contributed by atoms with Crippen molar-refractivity contribution >= 4 is 16.8 Å². The fraction of sp³-hybridized carbons (Fsp3) is 0.323. The molecule has 0 saturated heterocycles. The first-order valence-corrected chi connectivity index (χ1v) is 13.0. The third kappa shape index (κ3) is 5.01. The van der Waals surface area contributed by atoms with Gasteiger partial charge in [0.25, 0.3) is 11.5 Å². The molecule has 0 radical (unpaired) electrons. The summed E-state index contributed by atoms with van der Waals surface area (Å²) in [5, 5.41) is 3.61. The van der Waals surface area contributed by atoms with Crippen molar-refractivity contribution in [2.45, 2.75) is 65.6 Å². The number of rotatable bonds is 6. The number of aryl methyl sites for hydroxylation is 3. The number of carbonyl (C=O) groups excluding carboxylic acids is 1. The topological polar surface area (TPSA) is 73.1 Å². The fourth-order valence-corrected chi connectivity index (χ4v) is 5.56. The number of nitrogens with zero attached hydrogens (tertiary/aromatic N) is 2. The summed E-state index contributed by atoms with van der Waals surface area (Å²) in [5.41, 5.74) is 5.87. The van der Waals surface area contributed by atoms with Crippen LogP contribution in [0.25, 0.3) is 10.9 Å². The Morgan fingerprint density at radius 2 is 1.51 bits per heavy atom. The molecule has 1 aromatic heterocycles. The summed E-state index contributed by atoms with van der Waals surface area (Å²) < 4.78 is 3.00. The van der Waals surface area contributed by atoms with E-state index in [1.54, 1.807) is 22.8 Å². The van der Waals surface area contributed by atoms with E-state index < -0.39 is 0 Å². The molecule has 37 heavy (non-hydrogen) atoms. The molecule has 1 saturated carbocycles. The number of amides is 1. The van der Waals surface area contributed by atoms with Gasteiger partial charge in [0.2, 0.25) is 0 Å². The van der Waals surface area contributed by atoms with Crippen molar-refractivity contribution < 1.29 is 4.79 Å². The number of nitrogens with one attached hydrogen (secondary N) is 1. The average Bonchev–Trinajstić information content (AvgIpc) is 3.39. The number of fused-ring (bicyclic) bond motifs is 1. The smallest absolute Gasteiger partial charge is 0.332 e. The maximum Gasteiger partial charge on any atom is 0.332 e. The molecular weight excluding hydrogens is 462 g/mol. The van der Waals surface area contributed by atoms with E-state index in [2.05, 4.69) is 38.2 Å². The Morgan fingerprint density at radius 3 is 2.19 bits per heavy atom. The van der Waals surface area contributed by atoms with Gasteiger partial charge in [-0.25, -0.2) is 4.79 Å². The molecule has 0 bridgehead atoms. The molecule has 3 aromatic carbocycles. The third-order valence-corrected chi connectivity index (χ3v) is 7.54. The zero-order valence-corrected chi connectivity index (χ0v) is 21.7. The van der Waals surface area contributed by atoms with Gasteiger partial charge in [-0.15, -0.1) is 0 Å². The zero-order chi connectivity index (χ0) is 26.1. The van der Waals surface area contributed by atoms with E-state index in [9.17, 15) is 14.4 Å². The molecule has 1 aliphatic rings. The summed E-state index contributed by atoms with van der Waals surface area (Å²) in [6.45, 7) is 6.71. The number of hydrogen-bond acceptors (Lipinski definition) is 3. The van der Waals surface area contributed by atoms with E-state index in [1.165, 1.54) is 10.1 Å². The van der Waals surface area contributed by atoms with Crippen LogP contribution in [0.1, 0.15) is 63.9 Å². The van der Waals surface area contributed by atoms with E-state index in [4.69, 9.17) is 0 Å². The highest BCUT2D eigenvalue weighted by molar-refractivity contribution is 5.94. The molecule has 6 nitrogen and oxygen atoms in total. The lowest BCUT2D eigenvalue weighted by Gasteiger charge is -2.17. The average molecular weight is 496 g/mol. The molecule has 0 aliphatic heterocycles. The molecule has 0 spiro atoms. The minimum atomic E-state index is -0.342. The number of para-hydroxylation sites is 1. The van der Waals surface area contributed by atoms with Gasteiger partial charge in [0.1, 0.15) is 0 Å². The minimum Gasteiger partial charge on any atom is -0.349 e. The monoisotopic (exact) mass is 495 g/mol. The van der Waals surface area contributed by atoms with Gasteiger partial charge < -0.3 is 5.32 Å². The number of carbonyl (C=O) groups is 1. The molecular formula is C31H33N3O3. The Labute approximate surface area is 216 Å². The first-order chi connectivity index (χ1) is 17.8. The van der Waals surface area contributed by atoms with Gasteiger partial charge in [-0.3, -0.25) is 18.7 Å². The summed E-state index contributed by atoms with van der Waals surface area (Å²) in [5.74, 6) is -0.0764. The second kappa shape index (κ2) is 10.2. The molecule has 0 atom stereocenters. The van der Waals surface area contributed by atoms with E-state index in [0.717, 1.165) is 47.9 Å². The van der Waals surface area contributed by atoms with Crippen molar-refractivity contribution in [2.75, 3.05) is 0 Å². The first kappa shape index (κ1) is 24.8. The predicted octanol–water partition coefficient (Wildman–Crippen LogP) is 4.86. The minimum absolute atomic E-state index is 0.0764. The summed E-state index contributed by atoms with van der Waals surface area (Å²) in [6.07, 6.45) is 4.38. The van der Waals surface area contributed by atoms with Gasteiger partial charge >= 0.3 is 5.69 Å². The summed E-state index contributed by atoms with van der Waals surface area (Å²) >= 11 is 0. The molecule has 1 aliphatic carbocycles. The normalized spacial score (nSPS) is 13.8. The summed E-state index contributed by atoms with van der Waals surface area (Å²) in [6, 6.07) is 19.0. The summed E-state index contributed by atoms with van der Waals surface area (Å²) in [7, 11) is 0. The molecule has 0 unspecified atom stereocenters. The van der Waals surface area contributed by atoms with E-state index >= 15 is 0 Å². The van der Waals surface area contributed by atoms with Gasteiger partial charge in [0, 0.05) is 11.6 Å². The number of hydrogen-bond donors (Lipinski definition) is 1. The Balaban J connectivity index is 1.49. The molecule has 5 rings (SSSR count). The second-order valence-electron chi connectivity index (χ2n) is 10.3. The maximum atomic E-state index is 13.7. The third-order valence-electron chi connectivity index (χ3n) is 7.54. The Kier molecular flexibility index (Phi) is 6.83. The van der Waals surface area contributed by atoms with Gasteiger partial charge in [-0.1, -0.05) is 54.8 Å². The molecule has 4 aromatic rings. The fourth-order valence-electron chi connectivity index (χ4n) is 5.56. The lowest BCUT2D eigenvalue weighted by Crippen LogP contribution is -2.40. The van der Waals surface area contributed by atoms with Crippen LogP contribution in [0.2, 0.25) is 0 Å². The van der Waals surface area contributed by atoms with Crippen LogP contribution in [0, 0.1) is 20.8 Å². The van der Waals surface area contributed by atoms with Crippen LogP contribution in [0.4, 0.5) is 0 Å². The highest BCUT2D eigenvalue weighted by Crippen LogP contribution is 2.20. The van der Waals surface area contributed by atoms with Gasteiger partial charge in [0.05, 0.1) is 24.0 Å². The van der Waals surface area contributed by atoms with E-state index in [1.807, 2.05) is 30.3 Å². The van der Waals surface area contributed by atoms with Crippen LogP contribution in [0.5, 0.6) is 0 Å². The zero-order valence-electron chi connectivity index (χ0n) is 21.7. The number of aromatic nitrogens is 2. The summed E-state index contributed by atoms with van der Waals surface area (Å²) in [4.78, 5) is 39.7. The van der Waals surface area contributed by atoms with Crippen LogP contribution < -0.4 is 16.6 Å². The first-order valence-electron chi connectivity index (χ1n) is 13.0. The van der Waals surface area contributed by atoms with Crippen molar-refractivity contribution in [3.8, 4) is 0 Å².